The summed E-state index contributed by atoms with van der Waals surface area (Å²) >= 11 is 3.62. The Morgan fingerprint density at radius 3 is 2.87 bits per heavy atom. The number of rotatable bonds is 1. The van der Waals surface area contributed by atoms with Gasteiger partial charge in [-0.2, -0.15) is 0 Å². The second-order valence-corrected chi connectivity index (χ2v) is 5.52. The van der Waals surface area contributed by atoms with Gasteiger partial charge in [0.1, 0.15) is 0 Å². The second kappa shape index (κ2) is 3.95. The number of fused-ring (bicyclic) bond motifs is 1. The molecule has 1 aliphatic heterocycles. The fourth-order valence-electron chi connectivity index (χ4n) is 3.10. The molecule has 82 valence electrons. The molecule has 0 amide bonds. The van der Waals surface area contributed by atoms with E-state index in [1.807, 2.05) is 0 Å². The van der Waals surface area contributed by atoms with Gasteiger partial charge in [-0.1, -0.05) is 12.8 Å². The Balaban J connectivity index is 1.91. The number of aromatic nitrogens is 1. The monoisotopic (exact) mass is 268 g/mol. The summed E-state index contributed by atoms with van der Waals surface area (Å²) in [6.07, 6.45) is 5.65. The molecule has 1 fully saturated rings. The van der Waals surface area contributed by atoms with E-state index < -0.39 is 0 Å². The predicted molar refractivity (Wildman–Crippen MR) is 64.8 cm³/mol. The average molecular weight is 269 g/mol. The van der Waals surface area contributed by atoms with Crippen LogP contribution in [0.2, 0.25) is 0 Å². The van der Waals surface area contributed by atoms with E-state index in [2.05, 4.69) is 37.9 Å². The summed E-state index contributed by atoms with van der Waals surface area (Å²) in [6.45, 7) is 2.22. The van der Waals surface area contributed by atoms with Crippen molar-refractivity contribution in [3.8, 4) is 0 Å². The highest BCUT2D eigenvalue weighted by Crippen LogP contribution is 2.38. The minimum Gasteiger partial charge on any atom is -0.337 e. The van der Waals surface area contributed by atoms with Gasteiger partial charge in [0.05, 0.1) is 10.6 Å². The highest BCUT2D eigenvalue weighted by molar-refractivity contribution is 9.10. The Morgan fingerprint density at radius 2 is 2.07 bits per heavy atom. The highest BCUT2D eigenvalue weighted by atomic mass is 79.9. The third-order valence-corrected chi connectivity index (χ3v) is 4.54. The van der Waals surface area contributed by atoms with Crippen LogP contribution in [0.3, 0.4) is 0 Å². The van der Waals surface area contributed by atoms with E-state index in [4.69, 9.17) is 0 Å². The number of halogens is 1. The van der Waals surface area contributed by atoms with Gasteiger partial charge in [0, 0.05) is 18.8 Å². The molecule has 15 heavy (non-hydrogen) atoms. The van der Waals surface area contributed by atoms with Crippen molar-refractivity contribution in [1.29, 1.82) is 0 Å². The summed E-state index contributed by atoms with van der Waals surface area (Å²) in [5.41, 5.74) is 1.49. The third kappa shape index (κ3) is 1.66. The van der Waals surface area contributed by atoms with Crippen LogP contribution in [0.4, 0.5) is 0 Å². The molecule has 0 spiro atoms. The van der Waals surface area contributed by atoms with Crippen LogP contribution in [0.1, 0.15) is 37.4 Å². The maximum absolute atomic E-state index is 3.69. The first-order chi connectivity index (χ1) is 7.36. The Bertz CT molecular complexity index is 353. The van der Waals surface area contributed by atoms with Crippen LogP contribution >= 0.6 is 15.9 Å². The van der Waals surface area contributed by atoms with Crippen molar-refractivity contribution in [3.63, 3.8) is 0 Å². The number of nitrogens with zero attached hydrogens (tertiary/aromatic N) is 1. The second-order valence-electron chi connectivity index (χ2n) is 4.71. The van der Waals surface area contributed by atoms with Gasteiger partial charge in [-0.25, -0.2) is 0 Å². The van der Waals surface area contributed by atoms with Crippen LogP contribution in [-0.2, 0) is 6.54 Å². The predicted octanol–water partition coefficient (Wildman–Crippen LogP) is 3.09. The fraction of sp³-hybridized carbons (Fsp3) is 0.667. The van der Waals surface area contributed by atoms with Crippen molar-refractivity contribution < 1.29 is 0 Å². The molecular weight excluding hydrogens is 252 g/mol. The molecule has 1 saturated carbocycles. The zero-order valence-corrected chi connectivity index (χ0v) is 10.5. The molecule has 3 rings (SSSR count). The van der Waals surface area contributed by atoms with E-state index >= 15 is 0 Å². The first-order valence-corrected chi connectivity index (χ1v) is 6.74. The standard InChI is InChI=1S/C12H17BrN2/c13-11-6-5-10-12(9-3-1-2-4-9)14-7-8-15(10)11/h5-6,9,12,14H,1-4,7-8H2. The Kier molecular flexibility index (Phi) is 2.61. The van der Waals surface area contributed by atoms with E-state index in [1.54, 1.807) is 0 Å². The molecule has 2 nitrogen and oxygen atoms in total. The lowest BCUT2D eigenvalue weighted by Gasteiger charge is -2.31. The molecule has 1 N–H and O–H groups in total. The Labute approximate surface area is 99.2 Å². The van der Waals surface area contributed by atoms with Gasteiger partial charge >= 0.3 is 0 Å². The lowest BCUT2D eigenvalue weighted by molar-refractivity contribution is 0.315. The first-order valence-electron chi connectivity index (χ1n) is 5.94. The van der Waals surface area contributed by atoms with Crippen molar-refractivity contribution in [2.24, 2.45) is 5.92 Å². The number of hydrogen-bond donors (Lipinski definition) is 1. The lowest BCUT2D eigenvalue weighted by Crippen LogP contribution is -2.36. The van der Waals surface area contributed by atoms with Crippen LogP contribution in [0.15, 0.2) is 16.7 Å². The van der Waals surface area contributed by atoms with Crippen LogP contribution in [-0.4, -0.2) is 11.1 Å². The molecule has 1 atom stereocenters. The summed E-state index contributed by atoms with van der Waals surface area (Å²) in [4.78, 5) is 0. The molecule has 3 heteroatoms. The van der Waals surface area contributed by atoms with Crippen molar-refractivity contribution in [2.45, 2.75) is 38.3 Å². The molecule has 2 heterocycles. The molecule has 0 saturated heterocycles. The van der Waals surface area contributed by atoms with Crippen LogP contribution < -0.4 is 5.32 Å². The number of nitrogens with one attached hydrogen (secondary N) is 1. The maximum atomic E-state index is 3.69. The normalized spacial score (nSPS) is 26.9. The van der Waals surface area contributed by atoms with E-state index in [0.717, 1.165) is 19.0 Å². The minimum atomic E-state index is 0.604. The summed E-state index contributed by atoms with van der Waals surface area (Å²) < 4.78 is 3.65. The van der Waals surface area contributed by atoms with Crippen LogP contribution in [0.25, 0.3) is 0 Å². The molecule has 1 aromatic rings. The first kappa shape index (κ1) is 9.91. The van der Waals surface area contributed by atoms with Crippen molar-refractivity contribution >= 4 is 15.9 Å². The summed E-state index contributed by atoms with van der Waals surface area (Å²) in [5, 5.41) is 3.69. The van der Waals surface area contributed by atoms with Gasteiger partial charge in [-0.05, 0) is 46.8 Å². The minimum absolute atomic E-state index is 0.604. The zero-order valence-electron chi connectivity index (χ0n) is 8.88. The van der Waals surface area contributed by atoms with Gasteiger partial charge in [-0.3, -0.25) is 0 Å². The average Bonchev–Trinajstić information content (AvgIpc) is 2.88. The van der Waals surface area contributed by atoms with E-state index in [0.29, 0.717) is 6.04 Å². The summed E-state index contributed by atoms with van der Waals surface area (Å²) in [5.74, 6) is 0.867. The molecule has 1 aromatic heterocycles. The zero-order chi connectivity index (χ0) is 10.3. The van der Waals surface area contributed by atoms with Crippen molar-refractivity contribution in [2.75, 3.05) is 6.54 Å². The molecule has 0 radical (unpaired) electrons. The number of hydrogen-bond acceptors (Lipinski definition) is 1. The smallest absolute Gasteiger partial charge is 0.0849 e. The highest BCUT2D eigenvalue weighted by Gasteiger charge is 2.30. The largest absolute Gasteiger partial charge is 0.337 e. The van der Waals surface area contributed by atoms with Gasteiger partial charge in [-0.15, -0.1) is 0 Å². The van der Waals surface area contributed by atoms with E-state index in [-0.39, 0.29) is 0 Å². The Morgan fingerprint density at radius 1 is 1.27 bits per heavy atom. The maximum Gasteiger partial charge on any atom is 0.0849 e. The quantitative estimate of drug-likeness (QED) is 0.829. The van der Waals surface area contributed by atoms with E-state index in [1.165, 1.54) is 36.0 Å². The molecule has 1 unspecified atom stereocenters. The Hall–Kier alpha value is -0.280. The van der Waals surface area contributed by atoms with Crippen LogP contribution in [0.5, 0.6) is 0 Å². The van der Waals surface area contributed by atoms with Crippen LogP contribution in [0, 0.1) is 5.92 Å². The summed E-state index contributed by atoms with van der Waals surface area (Å²) in [7, 11) is 0. The fourth-order valence-corrected chi connectivity index (χ4v) is 3.61. The molecule has 2 aliphatic rings. The SMILES string of the molecule is Brc1ccc2n1CCNC2C1CCCC1. The topological polar surface area (TPSA) is 17.0 Å². The van der Waals surface area contributed by atoms with Gasteiger partial charge in [0.2, 0.25) is 0 Å². The summed E-state index contributed by atoms with van der Waals surface area (Å²) in [6, 6.07) is 5.07. The van der Waals surface area contributed by atoms with E-state index in [9.17, 15) is 0 Å². The molecular formula is C12H17BrN2. The molecule has 0 bridgehead atoms. The van der Waals surface area contributed by atoms with Crippen molar-refractivity contribution in [1.82, 2.24) is 9.88 Å². The lowest BCUT2D eigenvalue weighted by atomic mass is 9.94. The molecule has 0 aromatic carbocycles. The van der Waals surface area contributed by atoms with Gasteiger partial charge in [0.15, 0.2) is 0 Å². The van der Waals surface area contributed by atoms with Crippen molar-refractivity contribution in [3.05, 3.63) is 22.4 Å². The van der Waals surface area contributed by atoms with Gasteiger partial charge < -0.3 is 9.88 Å². The third-order valence-electron chi connectivity index (χ3n) is 3.85. The van der Waals surface area contributed by atoms with Gasteiger partial charge in [0.25, 0.3) is 0 Å². The molecule has 1 aliphatic carbocycles.